The van der Waals surface area contributed by atoms with Crippen LogP contribution in [0.3, 0.4) is 0 Å². The molecule has 1 aliphatic heterocycles. The summed E-state index contributed by atoms with van der Waals surface area (Å²) in [6.45, 7) is 3.07. The monoisotopic (exact) mass is 231 g/mol. The van der Waals surface area contributed by atoms with Gasteiger partial charge in [-0.15, -0.1) is 11.3 Å². The van der Waals surface area contributed by atoms with Gasteiger partial charge >= 0.3 is 0 Å². The van der Waals surface area contributed by atoms with E-state index in [4.69, 9.17) is 0 Å². The fourth-order valence-corrected chi connectivity index (χ4v) is 2.69. The van der Waals surface area contributed by atoms with Crippen molar-refractivity contribution in [2.24, 2.45) is 0 Å². The summed E-state index contributed by atoms with van der Waals surface area (Å²) < 4.78 is 0. The average molecular weight is 231 g/mol. The minimum atomic E-state index is 1.00. The highest BCUT2D eigenvalue weighted by molar-refractivity contribution is 7.13. The van der Waals surface area contributed by atoms with Crippen molar-refractivity contribution in [2.75, 3.05) is 11.9 Å². The summed E-state index contributed by atoms with van der Waals surface area (Å²) in [6, 6.07) is 4.17. The number of hydrogen-bond acceptors (Lipinski definition) is 4. The molecule has 0 atom stereocenters. The normalized spacial score (nSPS) is 14.3. The summed E-state index contributed by atoms with van der Waals surface area (Å²) in [4.78, 5) is 9.15. The molecule has 0 aromatic carbocycles. The van der Waals surface area contributed by atoms with E-state index in [2.05, 4.69) is 32.8 Å². The van der Waals surface area contributed by atoms with E-state index in [-0.39, 0.29) is 0 Å². The number of aryl methyl sites for hydroxylation is 2. The third kappa shape index (κ3) is 1.69. The van der Waals surface area contributed by atoms with Crippen molar-refractivity contribution < 1.29 is 0 Å². The predicted molar refractivity (Wildman–Crippen MR) is 66.9 cm³/mol. The van der Waals surface area contributed by atoms with Gasteiger partial charge in [-0.2, -0.15) is 0 Å². The van der Waals surface area contributed by atoms with Crippen molar-refractivity contribution in [3.05, 3.63) is 28.9 Å². The van der Waals surface area contributed by atoms with Gasteiger partial charge in [-0.1, -0.05) is 0 Å². The van der Waals surface area contributed by atoms with Gasteiger partial charge in [0, 0.05) is 17.6 Å². The summed E-state index contributed by atoms with van der Waals surface area (Å²) in [5, 5.41) is 6.45. The molecule has 82 valence electrons. The number of nitrogens with one attached hydrogen (secondary N) is 1. The Hall–Kier alpha value is -1.42. The van der Waals surface area contributed by atoms with Gasteiger partial charge in [-0.3, -0.25) is 0 Å². The lowest BCUT2D eigenvalue weighted by molar-refractivity contribution is 0.803. The van der Waals surface area contributed by atoms with Crippen LogP contribution in [0.4, 0.5) is 5.69 Å². The molecule has 3 heterocycles. The van der Waals surface area contributed by atoms with Crippen molar-refractivity contribution >= 4 is 17.0 Å². The smallest absolute Gasteiger partial charge is 0.142 e. The van der Waals surface area contributed by atoms with Gasteiger partial charge in [0.25, 0.3) is 0 Å². The molecule has 2 aromatic rings. The SMILES string of the molecule is Cc1csc(-c2ccc3c(n2)CCCN3)n1. The molecule has 1 aliphatic rings. The Morgan fingerprint density at radius 2 is 2.25 bits per heavy atom. The van der Waals surface area contributed by atoms with Gasteiger partial charge in [0.15, 0.2) is 0 Å². The summed E-state index contributed by atoms with van der Waals surface area (Å²) >= 11 is 1.66. The van der Waals surface area contributed by atoms with E-state index in [1.54, 1.807) is 11.3 Å². The second-order valence-corrected chi connectivity index (χ2v) is 4.87. The molecule has 0 radical (unpaired) electrons. The molecular weight excluding hydrogens is 218 g/mol. The number of rotatable bonds is 1. The molecule has 0 amide bonds. The van der Waals surface area contributed by atoms with Crippen LogP contribution in [0.1, 0.15) is 17.8 Å². The maximum atomic E-state index is 4.68. The lowest BCUT2D eigenvalue weighted by Crippen LogP contribution is -2.13. The first-order chi connectivity index (χ1) is 7.83. The maximum Gasteiger partial charge on any atom is 0.142 e. The topological polar surface area (TPSA) is 37.8 Å². The Labute approximate surface area is 98.6 Å². The van der Waals surface area contributed by atoms with Crippen LogP contribution >= 0.6 is 11.3 Å². The van der Waals surface area contributed by atoms with E-state index in [1.165, 1.54) is 17.8 Å². The Balaban J connectivity index is 2.02. The zero-order chi connectivity index (χ0) is 11.0. The number of fused-ring (bicyclic) bond motifs is 1. The molecule has 0 aliphatic carbocycles. The minimum absolute atomic E-state index is 1.00. The van der Waals surface area contributed by atoms with Crippen LogP contribution in [0, 0.1) is 6.92 Å². The standard InChI is InChI=1S/C12H13N3S/c1-8-7-16-12(14-8)11-5-4-9-10(15-11)3-2-6-13-9/h4-5,7,13H,2-3,6H2,1H3. The molecule has 0 saturated heterocycles. The Morgan fingerprint density at radius 3 is 3.06 bits per heavy atom. The zero-order valence-electron chi connectivity index (χ0n) is 9.16. The lowest BCUT2D eigenvalue weighted by Gasteiger charge is -2.16. The summed E-state index contributed by atoms with van der Waals surface area (Å²) in [7, 11) is 0. The predicted octanol–water partition coefficient (Wildman–Crippen LogP) is 2.87. The van der Waals surface area contributed by atoms with E-state index in [9.17, 15) is 0 Å². The van der Waals surface area contributed by atoms with Crippen molar-refractivity contribution in [3.8, 4) is 10.7 Å². The minimum Gasteiger partial charge on any atom is -0.384 e. The largest absolute Gasteiger partial charge is 0.384 e. The van der Waals surface area contributed by atoms with E-state index < -0.39 is 0 Å². The number of hydrogen-bond donors (Lipinski definition) is 1. The number of nitrogens with zero attached hydrogens (tertiary/aromatic N) is 2. The van der Waals surface area contributed by atoms with Crippen LogP contribution in [-0.2, 0) is 6.42 Å². The Bertz CT molecular complexity index is 519. The number of anilines is 1. The third-order valence-corrected chi connectivity index (χ3v) is 3.70. The molecule has 4 heteroatoms. The fourth-order valence-electron chi connectivity index (χ4n) is 1.92. The van der Waals surface area contributed by atoms with E-state index in [0.717, 1.165) is 29.4 Å². The highest BCUT2D eigenvalue weighted by Crippen LogP contribution is 2.26. The molecule has 3 rings (SSSR count). The second-order valence-electron chi connectivity index (χ2n) is 4.02. The van der Waals surface area contributed by atoms with Crippen molar-refractivity contribution in [2.45, 2.75) is 19.8 Å². The first-order valence-electron chi connectivity index (χ1n) is 5.49. The number of thiazole rings is 1. The fraction of sp³-hybridized carbons (Fsp3) is 0.333. The van der Waals surface area contributed by atoms with Crippen molar-refractivity contribution in [1.29, 1.82) is 0 Å². The quantitative estimate of drug-likeness (QED) is 0.820. The number of aromatic nitrogens is 2. The first kappa shape index (κ1) is 9.78. The van der Waals surface area contributed by atoms with Crippen molar-refractivity contribution in [1.82, 2.24) is 9.97 Å². The Morgan fingerprint density at radius 1 is 1.31 bits per heavy atom. The zero-order valence-corrected chi connectivity index (χ0v) is 9.97. The number of pyridine rings is 1. The molecule has 2 aromatic heterocycles. The molecule has 1 N–H and O–H groups in total. The van der Waals surface area contributed by atoms with E-state index >= 15 is 0 Å². The van der Waals surface area contributed by atoms with Crippen LogP contribution in [0.25, 0.3) is 10.7 Å². The average Bonchev–Trinajstić information content (AvgIpc) is 2.75. The summed E-state index contributed by atoms with van der Waals surface area (Å²) in [6.07, 6.45) is 2.24. The summed E-state index contributed by atoms with van der Waals surface area (Å²) in [5.74, 6) is 0. The van der Waals surface area contributed by atoms with Crippen LogP contribution in [0.2, 0.25) is 0 Å². The van der Waals surface area contributed by atoms with Crippen LogP contribution in [0.5, 0.6) is 0 Å². The van der Waals surface area contributed by atoms with Gasteiger partial charge in [0.2, 0.25) is 0 Å². The molecule has 0 unspecified atom stereocenters. The highest BCUT2D eigenvalue weighted by atomic mass is 32.1. The van der Waals surface area contributed by atoms with Gasteiger partial charge < -0.3 is 5.32 Å². The molecule has 16 heavy (non-hydrogen) atoms. The third-order valence-electron chi connectivity index (χ3n) is 2.72. The van der Waals surface area contributed by atoms with Gasteiger partial charge in [-0.05, 0) is 31.9 Å². The molecule has 0 bridgehead atoms. The molecule has 0 fully saturated rings. The highest BCUT2D eigenvalue weighted by Gasteiger charge is 2.12. The molecule has 0 spiro atoms. The van der Waals surface area contributed by atoms with E-state index in [1.807, 2.05) is 6.92 Å². The van der Waals surface area contributed by atoms with E-state index in [0.29, 0.717) is 0 Å². The molecule has 0 saturated carbocycles. The van der Waals surface area contributed by atoms with Crippen LogP contribution < -0.4 is 5.32 Å². The van der Waals surface area contributed by atoms with Crippen LogP contribution in [0.15, 0.2) is 17.5 Å². The second kappa shape index (κ2) is 3.87. The Kier molecular flexibility index (Phi) is 2.36. The van der Waals surface area contributed by atoms with Gasteiger partial charge in [0.1, 0.15) is 5.01 Å². The molecule has 3 nitrogen and oxygen atoms in total. The lowest BCUT2D eigenvalue weighted by atomic mass is 10.1. The first-order valence-corrected chi connectivity index (χ1v) is 6.37. The summed E-state index contributed by atoms with van der Waals surface area (Å²) in [5.41, 5.74) is 4.43. The van der Waals surface area contributed by atoms with Crippen LogP contribution in [-0.4, -0.2) is 16.5 Å². The van der Waals surface area contributed by atoms with Gasteiger partial charge in [-0.25, -0.2) is 9.97 Å². The molecular formula is C12H13N3S. The van der Waals surface area contributed by atoms with Crippen molar-refractivity contribution in [3.63, 3.8) is 0 Å². The van der Waals surface area contributed by atoms with Gasteiger partial charge in [0.05, 0.1) is 17.1 Å². The maximum absolute atomic E-state index is 4.68.